The molecule has 0 atom stereocenters. The predicted molar refractivity (Wildman–Crippen MR) is 59.3 cm³/mol. The van der Waals surface area contributed by atoms with Crippen LogP contribution in [0.2, 0.25) is 5.02 Å². The molecular formula is C10H11ClFN3. The summed E-state index contributed by atoms with van der Waals surface area (Å²) in [5.74, 6) is -0.536. The summed E-state index contributed by atoms with van der Waals surface area (Å²) in [6.45, 7) is 0.530. The third-order valence-electron chi connectivity index (χ3n) is 2.04. The van der Waals surface area contributed by atoms with E-state index in [1.807, 2.05) is 6.07 Å². The number of nitrogens with zero attached hydrogens (tertiary/aromatic N) is 2. The molecule has 5 heteroatoms. The van der Waals surface area contributed by atoms with Crippen LogP contribution in [0.5, 0.6) is 0 Å². The molecule has 2 N–H and O–H groups in total. The lowest BCUT2D eigenvalue weighted by Gasteiger charge is -2.20. The van der Waals surface area contributed by atoms with E-state index in [9.17, 15) is 4.39 Å². The Morgan fingerprint density at radius 2 is 2.27 bits per heavy atom. The average Bonchev–Trinajstić information content (AvgIpc) is 2.20. The van der Waals surface area contributed by atoms with E-state index in [0.29, 0.717) is 24.3 Å². The molecule has 0 amide bonds. The number of nitriles is 1. The van der Waals surface area contributed by atoms with Gasteiger partial charge in [-0.2, -0.15) is 5.26 Å². The summed E-state index contributed by atoms with van der Waals surface area (Å²) in [4.78, 5) is 1.77. The predicted octanol–water partition coefficient (Wildman–Crippen LogP) is 2.41. The van der Waals surface area contributed by atoms with Crippen molar-refractivity contribution in [2.24, 2.45) is 0 Å². The van der Waals surface area contributed by atoms with E-state index in [1.165, 1.54) is 12.1 Å². The van der Waals surface area contributed by atoms with Gasteiger partial charge in [0.2, 0.25) is 0 Å². The summed E-state index contributed by atoms with van der Waals surface area (Å²) in [5, 5.41) is 8.47. The molecule has 80 valence electrons. The van der Waals surface area contributed by atoms with Gasteiger partial charge in [-0.1, -0.05) is 11.6 Å². The minimum atomic E-state index is -0.536. The summed E-state index contributed by atoms with van der Waals surface area (Å²) in [5.41, 5.74) is 6.59. The molecule has 3 nitrogen and oxygen atoms in total. The molecule has 0 aliphatic heterocycles. The second-order valence-electron chi connectivity index (χ2n) is 3.15. The van der Waals surface area contributed by atoms with Gasteiger partial charge in [0.1, 0.15) is 5.82 Å². The molecule has 15 heavy (non-hydrogen) atoms. The van der Waals surface area contributed by atoms with Crippen molar-refractivity contribution in [3.63, 3.8) is 0 Å². The first-order valence-corrected chi connectivity index (χ1v) is 4.76. The van der Waals surface area contributed by atoms with Crippen molar-refractivity contribution in [3.8, 4) is 6.07 Å². The Morgan fingerprint density at radius 3 is 2.87 bits per heavy atom. The second kappa shape index (κ2) is 4.85. The Labute approximate surface area is 92.9 Å². The standard InChI is InChI=1S/C10H11ClFN3/c1-15(4-2-3-13)10-5-7(11)8(12)6-9(10)14/h5-6H,2,4,14H2,1H3. The summed E-state index contributed by atoms with van der Waals surface area (Å²) in [7, 11) is 1.78. The van der Waals surface area contributed by atoms with Crippen LogP contribution < -0.4 is 10.6 Å². The van der Waals surface area contributed by atoms with Crippen LogP contribution in [0.15, 0.2) is 12.1 Å². The number of halogens is 2. The van der Waals surface area contributed by atoms with E-state index in [1.54, 1.807) is 11.9 Å². The number of anilines is 2. The second-order valence-corrected chi connectivity index (χ2v) is 3.56. The van der Waals surface area contributed by atoms with E-state index < -0.39 is 5.82 Å². The Hall–Kier alpha value is -1.47. The van der Waals surface area contributed by atoms with Gasteiger partial charge in [-0.05, 0) is 6.07 Å². The fraction of sp³-hybridized carbons (Fsp3) is 0.300. The van der Waals surface area contributed by atoms with Gasteiger partial charge in [-0.3, -0.25) is 0 Å². The molecule has 0 heterocycles. The Bertz CT molecular complexity index is 400. The van der Waals surface area contributed by atoms with Crippen LogP contribution in [0.1, 0.15) is 6.42 Å². The molecule has 0 unspecified atom stereocenters. The summed E-state index contributed by atoms with van der Waals surface area (Å²) < 4.78 is 13.0. The maximum Gasteiger partial charge on any atom is 0.143 e. The van der Waals surface area contributed by atoms with Crippen molar-refractivity contribution in [2.75, 3.05) is 24.2 Å². The maximum atomic E-state index is 13.0. The first kappa shape index (κ1) is 11.6. The first-order valence-electron chi connectivity index (χ1n) is 4.39. The Morgan fingerprint density at radius 1 is 1.60 bits per heavy atom. The van der Waals surface area contributed by atoms with E-state index in [-0.39, 0.29) is 5.02 Å². The van der Waals surface area contributed by atoms with E-state index in [0.717, 1.165) is 0 Å². The lowest BCUT2D eigenvalue weighted by molar-refractivity contribution is 0.629. The zero-order chi connectivity index (χ0) is 11.4. The number of benzene rings is 1. The van der Waals surface area contributed by atoms with Gasteiger partial charge < -0.3 is 10.6 Å². The number of rotatable bonds is 3. The molecule has 0 spiro atoms. The smallest absolute Gasteiger partial charge is 0.143 e. The molecule has 0 fully saturated rings. The summed E-state index contributed by atoms with van der Waals surface area (Å²) >= 11 is 5.64. The largest absolute Gasteiger partial charge is 0.397 e. The summed E-state index contributed by atoms with van der Waals surface area (Å²) in [6.07, 6.45) is 0.380. The monoisotopic (exact) mass is 227 g/mol. The molecule has 0 saturated carbocycles. The molecule has 0 saturated heterocycles. The minimum Gasteiger partial charge on any atom is -0.397 e. The van der Waals surface area contributed by atoms with Crippen molar-refractivity contribution >= 4 is 23.0 Å². The van der Waals surface area contributed by atoms with Gasteiger partial charge in [0.25, 0.3) is 0 Å². The van der Waals surface area contributed by atoms with Gasteiger partial charge in [-0.15, -0.1) is 0 Å². The number of hydrogen-bond acceptors (Lipinski definition) is 3. The fourth-order valence-electron chi connectivity index (χ4n) is 1.22. The first-order chi connectivity index (χ1) is 7.06. The lowest BCUT2D eigenvalue weighted by atomic mass is 10.2. The Kier molecular flexibility index (Phi) is 3.75. The SMILES string of the molecule is CN(CCC#N)c1cc(Cl)c(F)cc1N. The Balaban J connectivity index is 2.94. The van der Waals surface area contributed by atoms with Crippen LogP contribution in [0.3, 0.4) is 0 Å². The zero-order valence-corrected chi connectivity index (χ0v) is 9.05. The van der Waals surface area contributed by atoms with Crippen LogP contribution in [0, 0.1) is 17.1 Å². The highest BCUT2D eigenvalue weighted by molar-refractivity contribution is 6.31. The zero-order valence-electron chi connectivity index (χ0n) is 8.30. The van der Waals surface area contributed by atoms with Crippen molar-refractivity contribution in [1.29, 1.82) is 5.26 Å². The highest BCUT2D eigenvalue weighted by atomic mass is 35.5. The number of hydrogen-bond donors (Lipinski definition) is 1. The van der Waals surface area contributed by atoms with Gasteiger partial charge in [0.15, 0.2) is 0 Å². The van der Waals surface area contributed by atoms with Gasteiger partial charge in [-0.25, -0.2) is 4.39 Å². The van der Waals surface area contributed by atoms with E-state index >= 15 is 0 Å². The minimum absolute atomic E-state index is 0.0306. The number of nitrogen functional groups attached to an aromatic ring is 1. The van der Waals surface area contributed by atoms with Crippen LogP contribution >= 0.6 is 11.6 Å². The highest BCUT2D eigenvalue weighted by Crippen LogP contribution is 2.28. The molecule has 0 aliphatic rings. The van der Waals surface area contributed by atoms with Crippen molar-refractivity contribution in [2.45, 2.75) is 6.42 Å². The van der Waals surface area contributed by atoms with Crippen LogP contribution in [-0.2, 0) is 0 Å². The van der Waals surface area contributed by atoms with Gasteiger partial charge >= 0.3 is 0 Å². The highest BCUT2D eigenvalue weighted by Gasteiger charge is 2.09. The number of nitrogens with two attached hydrogens (primary N) is 1. The van der Waals surface area contributed by atoms with Crippen molar-refractivity contribution < 1.29 is 4.39 Å². The maximum absolute atomic E-state index is 13.0. The molecular weight excluding hydrogens is 217 g/mol. The third-order valence-corrected chi connectivity index (χ3v) is 2.33. The molecule has 0 aromatic heterocycles. The molecule has 1 rings (SSSR count). The normalized spacial score (nSPS) is 9.73. The van der Waals surface area contributed by atoms with Crippen molar-refractivity contribution in [3.05, 3.63) is 23.0 Å². The third kappa shape index (κ3) is 2.74. The van der Waals surface area contributed by atoms with E-state index in [2.05, 4.69) is 0 Å². The molecule has 0 radical (unpaired) electrons. The molecule has 1 aromatic carbocycles. The van der Waals surface area contributed by atoms with Crippen molar-refractivity contribution in [1.82, 2.24) is 0 Å². The van der Waals surface area contributed by atoms with Crippen LogP contribution in [0.4, 0.5) is 15.8 Å². The molecule has 0 aliphatic carbocycles. The topological polar surface area (TPSA) is 53.0 Å². The molecule has 0 bridgehead atoms. The van der Waals surface area contributed by atoms with Crippen LogP contribution in [0.25, 0.3) is 0 Å². The lowest BCUT2D eigenvalue weighted by Crippen LogP contribution is -2.19. The quantitative estimate of drug-likeness (QED) is 0.807. The van der Waals surface area contributed by atoms with Gasteiger partial charge in [0, 0.05) is 19.7 Å². The average molecular weight is 228 g/mol. The fourth-order valence-corrected chi connectivity index (χ4v) is 1.38. The van der Waals surface area contributed by atoms with Crippen LogP contribution in [-0.4, -0.2) is 13.6 Å². The van der Waals surface area contributed by atoms with E-state index in [4.69, 9.17) is 22.6 Å². The van der Waals surface area contributed by atoms with Gasteiger partial charge in [0.05, 0.1) is 28.9 Å². The molecule has 1 aromatic rings. The summed E-state index contributed by atoms with van der Waals surface area (Å²) in [6, 6.07) is 4.67.